The van der Waals surface area contributed by atoms with Crippen molar-refractivity contribution in [3.63, 3.8) is 0 Å². The maximum atomic E-state index is 13.8. The van der Waals surface area contributed by atoms with Crippen molar-refractivity contribution < 1.29 is 18.0 Å². The second-order valence-corrected chi connectivity index (χ2v) is 14.6. The fourth-order valence-electron chi connectivity index (χ4n) is 5.62. The van der Waals surface area contributed by atoms with Gasteiger partial charge in [-0.2, -0.15) is 4.31 Å². The molecular weight excluding hydrogens is 550 g/mol. The van der Waals surface area contributed by atoms with Gasteiger partial charge in [-0.05, 0) is 62.1 Å². The smallest absolute Gasteiger partial charge is 0.268 e. The first-order valence-corrected chi connectivity index (χ1v) is 16.1. The molecular formula is C32H45N5O4S. The van der Waals surface area contributed by atoms with E-state index in [0.29, 0.717) is 30.2 Å². The van der Waals surface area contributed by atoms with E-state index in [9.17, 15) is 18.0 Å². The largest absolute Gasteiger partial charge is 0.351 e. The molecule has 0 radical (unpaired) electrons. The summed E-state index contributed by atoms with van der Waals surface area (Å²) in [6.07, 6.45) is 0. The van der Waals surface area contributed by atoms with Gasteiger partial charge in [-0.1, -0.05) is 58.0 Å². The topological polar surface area (TPSA) is 106 Å². The van der Waals surface area contributed by atoms with Crippen LogP contribution in [0.15, 0.2) is 53.4 Å². The summed E-state index contributed by atoms with van der Waals surface area (Å²) < 4.78 is 28.0. The van der Waals surface area contributed by atoms with Gasteiger partial charge in [0.15, 0.2) is 0 Å². The molecule has 0 spiro atoms. The van der Waals surface area contributed by atoms with Crippen LogP contribution in [0.4, 0.5) is 0 Å². The Morgan fingerprint density at radius 3 is 2.40 bits per heavy atom. The summed E-state index contributed by atoms with van der Waals surface area (Å²) in [6.45, 7) is 15.8. The predicted molar refractivity (Wildman–Crippen MR) is 167 cm³/mol. The summed E-state index contributed by atoms with van der Waals surface area (Å²) in [5.74, 6) is -0.422. The van der Waals surface area contributed by atoms with Crippen molar-refractivity contribution in [3.05, 3.63) is 65.4 Å². The number of likely N-dealkylation sites (N-methyl/N-ethyl adjacent to an activating group) is 2. The molecule has 4 rings (SSSR count). The van der Waals surface area contributed by atoms with Crippen LogP contribution in [0, 0.1) is 19.3 Å². The minimum atomic E-state index is -3.62. The molecule has 3 atom stereocenters. The molecule has 2 N–H and O–H groups in total. The van der Waals surface area contributed by atoms with Gasteiger partial charge in [-0.3, -0.25) is 14.5 Å². The first-order valence-electron chi connectivity index (χ1n) is 14.6. The Labute approximate surface area is 250 Å². The van der Waals surface area contributed by atoms with Gasteiger partial charge < -0.3 is 15.2 Å². The van der Waals surface area contributed by atoms with E-state index in [1.54, 1.807) is 19.2 Å². The van der Waals surface area contributed by atoms with Gasteiger partial charge in [0.2, 0.25) is 15.9 Å². The van der Waals surface area contributed by atoms with Crippen LogP contribution >= 0.6 is 0 Å². The Bertz CT molecular complexity index is 1530. The maximum absolute atomic E-state index is 13.8. The number of H-pyrrole nitrogens is 1. The van der Waals surface area contributed by atoms with Gasteiger partial charge in [0.05, 0.1) is 4.90 Å². The highest BCUT2D eigenvalue weighted by atomic mass is 32.2. The number of para-hydroxylation sites is 1. The van der Waals surface area contributed by atoms with Crippen LogP contribution in [0.3, 0.4) is 0 Å². The number of aromatic nitrogens is 1. The van der Waals surface area contributed by atoms with Gasteiger partial charge in [0, 0.05) is 49.7 Å². The first-order chi connectivity index (χ1) is 19.6. The lowest BCUT2D eigenvalue weighted by atomic mass is 9.83. The Hall–Kier alpha value is -3.21. The zero-order chi connectivity index (χ0) is 31.0. The molecule has 228 valence electrons. The molecule has 1 aromatic heterocycles. The summed E-state index contributed by atoms with van der Waals surface area (Å²) in [5, 5.41) is 3.93. The predicted octanol–water partition coefficient (Wildman–Crippen LogP) is 4.17. The molecule has 42 heavy (non-hydrogen) atoms. The van der Waals surface area contributed by atoms with E-state index in [1.165, 1.54) is 4.31 Å². The standard InChI is InChI=1S/C32H45N5O4S/c1-9-36(17-16-35(8)42(40,41)28-18-21(2)14-15-22(28)3)27-20-37(23(27)4)31(39)29(32(5,6)7)34-30(38)26-19-24-12-10-11-13-25(24)33-26/h10-15,18-19,23,27,29,33H,9,16-17,20H2,1-8H3,(H,34,38)/t23?,27-,29-/m1/s1. The average molecular weight is 596 g/mol. The number of sulfonamides is 1. The van der Waals surface area contributed by atoms with E-state index >= 15 is 0 Å². The molecule has 1 unspecified atom stereocenters. The van der Waals surface area contributed by atoms with Crippen molar-refractivity contribution in [2.75, 3.05) is 33.2 Å². The van der Waals surface area contributed by atoms with Gasteiger partial charge in [0.1, 0.15) is 11.7 Å². The molecule has 2 aromatic carbocycles. The minimum absolute atomic E-state index is 0.0757. The Kier molecular flexibility index (Phi) is 9.20. The average Bonchev–Trinajstić information content (AvgIpc) is 3.37. The third kappa shape index (κ3) is 6.40. The van der Waals surface area contributed by atoms with E-state index in [0.717, 1.165) is 28.6 Å². The maximum Gasteiger partial charge on any atom is 0.268 e. The fourth-order valence-corrected chi connectivity index (χ4v) is 7.09. The van der Waals surface area contributed by atoms with Gasteiger partial charge in [-0.15, -0.1) is 0 Å². The van der Waals surface area contributed by atoms with Crippen LogP contribution in [0.2, 0.25) is 0 Å². The Morgan fingerprint density at radius 1 is 1.10 bits per heavy atom. The van der Waals surface area contributed by atoms with Gasteiger partial charge >= 0.3 is 0 Å². The second-order valence-electron chi connectivity index (χ2n) is 12.6. The van der Waals surface area contributed by atoms with E-state index in [2.05, 4.69) is 22.1 Å². The molecule has 2 heterocycles. The van der Waals surface area contributed by atoms with Crippen LogP contribution in [-0.2, 0) is 14.8 Å². The lowest BCUT2D eigenvalue weighted by Gasteiger charge is -2.53. The third-order valence-electron chi connectivity index (χ3n) is 8.49. The number of amides is 2. The highest BCUT2D eigenvalue weighted by Crippen LogP contribution is 2.29. The number of fused-ring (bicyclic) bond motifs is 1. The van der Waals surface area contributed by atoms with E-state index in [1.807, 2.05) is 82.8 Å². The second kappa shape index (κ2) is 12.2. The molecule has 10 heteroatoms. The Morgan fingerprint density at radius 2 is 1.79 bits per heavy atom. The van der Waals surface area contributed by atoms with Crippen molar-refractivity contribution in [1.29, 1.82) is 0 Å². The number of benzene rings is 2. The summed E-state index contributed by atoms with van der Waals surface area (Å²) in [4.78, 5) is 34.5. The lowest BCUT2D eigenvalue weighted by Crippen LogP contribution is -2.70. The van der Waals surface area contributed by atoms with Crippen molar-refractivity contribution in [1.82, 2.24) is 24.4 Å². The summed E-state index contributed by atoms with van der Waals surface area (Å²) in [6, 6.07) is 14.3. The van der Waals surface area contributed by atoms with Crippen molar-refractivity contribution in [2.24, 2.45) is 5.41 Å². The summed E-state index contributed by atoms with van der Waals surface area (Å²) in [7, 11) is -2.00. The number of likely N-dealkylation sites (tertiary alicyclic amines) is 1. The number of carbonyl (C=O) groups is 2. The van der Waals surface area contributed by atoms with E-state index < -0.39 is 21.5 Å². The zero-order valence-corrected chi connectivity index (χ0v) is 26.9. The lowest BCUT2D eigenvalue weighted by molar-refractivity contribution is -0.149. The molecule has 1 aliphatic rings. The number of rotatable bonds is 10. The van der Waals surface area contributed by atoms with Crippen LogP contribution in [0.25, 0.3) is 10.9 Å². The normalized spacial score (nSPS) is 18.4. The SMILES string of the molecule is CCN(CCN(C)S(=O)(=O)c1cc(C)ccc1C)[C@@H]1CN(C(=O)[C@@H](NC(=O)c2cc3ccccc3[nH]2)C(C)(C)C)C1C. The number of nitrogens with one attached hydrogen (secondary N) is 2. The highest BCUT2D eigenvalue weighted by molar-refractivity contribution is 7.89. The Balaban J connectivity index is 1.40. The van der Waals surface area contributed by atoms with Gasteiger partial charge in [-0.25, -0.2) is 8.42 Å². The zero-order valence-electron chi connectivity index (χ0n) is 26.1. The van der Waals surface area contributed by atoms with Crippen molar-refractivity contribution >= 4 is 32.7 Å². The number of hydrogen-bond donors (Lipinski definition) is 2. The molecule has 1 fully saturated rings. The number of nitrogens with zero attached hydrogens (tertiary/aromatic N) is 3. The number of aryl methyl sites for hydroxylation is 2. The molecule has 0 saturated carbocycles. The number of hydrogen-bond acceptors (Lipinski definition) is 5. The minimum Gasteiger partial charge on any atom is -0.351 e. The third-order valence-corrected chi connectivity index (χ3v) is 10.5. The quantitative estimate of drug-likeness (QED) is 0.366. The number of aromatic amines is 1. The molecule has 9 nitrogen and oxygen atoms in total. The van der Waals surface area contributed by atoms with E-state index in [-0.39, 0.29) is 23.9 Å². The highest BCUT2D eigenvalue weighted by Gasteiger charge is 2.46. The van der Waals surface area contributed by atoms with Crippen molar-refractivity contribution in [2.45, 2.75) is 71.5 Å². The molecule has 0 aliphatic carbocycles. The van der Waals surface area contributed by atoms with Crippen LogP contribution < -0.4 is 5.32 Å². The molecule has 0 bridgehead atoms. The van der Waals surface area contributed by atoms with Crippen LogP contribution in [0.5, 0.6) is 0 Å². The molecule has 1 saturated heterocycles. The number of carbonyl (C=O) groups excluding carboxylic acids is 2. The van der Waals surface area contributed by atoms with Crippen molar-refractivity contribution in [3.8, 4) is 0 Å². The first kappa shape index (κ1) is 31.7. The molecule has 3 aromatic rings. The monoisotopic (exact) mass is 595 g/mol. The van der Waals surface area contributed by atoms with E-state index in [4.69, 9.17) is 0 Å². The summed E-state index contributed by atoms with van der Waals surface area (Å²) >= 11 is 0. The van der Waals surface area contributed by atoms with Crippen LogP contribution in [-0.4, -0.2) is 90.7 Å². The van der Waals surface area contributed by atoms with Crippen LogP contribution in [0.1, 0.15) is 56.2 Å². The van der Waals surface area contributed by atoms with Gasteiger partial charge in [0.25, 0.3) is 5.91 Å². The molecule has 1 aliphatic heterocycles. The molecule has 2 amide bonds. The fraction of sp³-hybridized carbons (Fsp3) is 0.500. The summed E-state index contributed by atoms with van der Waals surface area (Å²) in [5.41, 5.74) is 2.42.